The zero-order chi connectivity index (χ0) is 17.6. The number of piperidine rings is 1. The summed E-state index contributed by atoms with van der Waals surface area (Å²) >= 11 is 0. The van der Waals surface area contributed by atoms with Gasteiger partial charge in [0.25, 0.3) is 5.91 Å². The van der Waals surface area contributed by atoms with E-state index in [1.807, 2.05) is 4.90 Å². The van der Waals surface area contributed by atoms with Crippen molar-refractivity contribution < 1.29 is 13.9 Å². The van der Waals surface area contributed by atoms with Gasteiger partial charge in [-0.05, 0) is 50.1 Å². The molecule has 0 saturated carbocycles. The van der Waals surface area contributed by atoms with Gasteiger partial charge in [-0.3, -0.25) is 9.89 Å². The van der Waals surface area contributed by atoms with Crippen molar-refractivity contribution >= 4 is 18.3 Å². The summed E-state index contributed by atoms with van der Waals surface area (Å²) in [5.41, 5.74) is 7.33. The number of ether oxygens (including phenoxy) is 1. The molecule has 2 heterocycles. The molecule has 8 heteroatoms. The van der Waals surface area contributed by atoms with Crippen LogP contribution >= 0.6 is 12.4 Å². The van der Waals surface area contributed by atoms with Crippen LogP contribution in [0.1, 0.15) is 29.6 Å². The number of likely N-dealkylation sites (tertiary alicyclic amines) is 1. The number of hydrogen-bond donors (Lipinski definition) is 2. The lowest BCUT2D eigenvalue weighted by atomic mass is 10.0. The van der Waals surface area contributed by atoms with E-state index in [9.17, 15) is 9.18 Å². The summed E-state index contributed by atoms with van der Waals surface area (Å²) in [5, 5.41) is 6.85. The van der Waals surface area contributed by atoms with Crippen molar-refractivity contribution in [3.63, 3.8) is 0 Å². The third kappa shape index (κ3) is 4.81. The minimum atomic E-state index is -0.312. The molecule has 0 bridgehead atoms. The average molecular weight is 383 g/mol. The Bertz CT molecular complexity index is 699. The van der Waals surface area contributed by atoms with Crippen LogP contribution in [0.5, 0.6) is 0 Å². The highest BCUT2D eigenvalue weighted by Crippen LogP contribution is 2.24. The Labute approximate surface area is 158 Å². The Balaban J connectivity index is 0.00000243. The van der Waals surface area contributed by atoms with Crippen LogP contribution < -0.4 is 5.73 Å². The zero-order valence-corrected chi connectivity index (χ0v) is 15.3. The predicted molar refractivity (Wildman–Crippen MR) is 99.8 cm³/mol. The molecule has 26 heavy (non-hydrogen) atoms. The van der Waals surface area contributed by atoms with Crippen molar-refractivity contribution in [1.82, 2.24) is 15.1 Å². The van der Waals surface area contributed by atoms with Crippen LogP contribution in [-0.2, 0) is 4.74 Å². The number of halogens is 2. The lowest BCUT2D eigenvalue weighted by Gasteiger charge is -2.32. The molecule has 1 aromatic carbocycles. The highest BCUT2D eigenvalue weighted by Gasteiger charge is 2.26. The first-order valence-electron chi connectivity index (χ1n) is 8.59. The van der Waals surface area contributed by atoms with Gasteiger partial charge in [0.2, 0.25) is 0 Å². The molecule has 0 spiro atoms. The number of carbonyl (C=O) groups excluding carboxylic acids is 1. The monoisotopic (exact) mass is 382 g/mol. The quantitative estimate of drug-likeness (QED) is 0.752. The maximum absolute atomic E-state index is 13.1. The van der Waals surface area contributed by atoms with Gasteiger partial charge in [0, 0.05) is 25.3 Å². The molecule has 3 N–H and O–H groups in total. The summed E-state index contributed by atoms with van der Waals surface area (Å²) in [6, 6.07) is 6.01. The number of carbonyl (C=O) groups is 1. The van der Waals surface area contributed by atoms with Crippen LogP contribution in [-0.4, -0.2) is 53.3 Å². The van der Waals surface area contributed by atoms with Crippen LogP contribution in [0.25, 0.3) is 11.3 Å². The highest BCUT2D eigenvalue weighted by atomic mass is 35.5. The number of nitrogens with two attached hydrogens (primary N) is 1. The number of benzene rings is 1. The topological polar surface area (TPSA) is 84.2 Å². The fourth-order valence-electron chi connectivity index (χ4n) is 3.01. The van der Waals surface area contributed by atoms with Gasteiger partial charge in [0.1, 0.15) is 5.82 Å². The van der Waals surface area contributed by atoms with Crippen molar-refractivity contribution in [2.75, 3.05) is 26.2 Å². The predicted octanol–water partition coefficient (Wildman–Crippen LogP) is 2.61. The van der Waals surface area contributed by atoms with Crippen molar-refractivity contribution in [2.45, 2.75) is 25.4 Å². The molecule has 1 saturated heterocycles. The average Bonchev–Trinajstić information content (AvgIpc) is 3.12. The highest BCUT2D eigenvalue weighted by molar-refractivity contribution is 5.99. The van der Waals surface area contributed by atoms with Gasteiger partial charge >= 0.3 is 0 Å². The van der Waals surface area contributed by atoms with E-state index in [2.05, 4.69) is 10.2 Å². The minimum absolute atomic E-state index is 0. The Kier molecular flexibility index (Phi) is 7.56. The Morgan fingerprint density at radius 2 is 2.00 bits per heavy atom. The molecule has 142 valence electrons. The Morgan fingerprint density at radius 1 is 1.31 bits per heavy atom. The first kappa shape index (κ1) is 20.4. The maximum Gasteiger partial charge on any atom is 0.257 e. The summed E-state index contributed by atoms with van der Waals surface area (Å²) in [4.78, 5) is 14.6. The third-order valence-electron chi connectivity index (χ3n) is 4.43. The Hall–Kier alpha value is -1.96. The molecule has 1 amide bonds. The molecule has 1 aromatic heterocycles. The lowest BCUT2D eigenvalue weighted by Crippen LogP contribution is -2.41. The largest absolute Gasteiger partial charge is 0.378 e. The number of nitrogens with one attached hydrogen (secondary N) is 1. The molecular weight excluding hydrogens is 359 g/mol. The van der Waals surface area contributed by atoms with Crippen molar-refractivity contribution in [1.29, 1.82) is 0 Å². The van der Waals surface area contributed by atoms with E-state index in [1.54, 1.807) is 12.1 Å². The third-order valence-corrected chi connectivity index (χ3v) is 4.43. The molecule has 1 fully saturated rings. The standard InChI is InChI=1S/C18H23FN4O2.ClH/c19-14-4-2-13(3-5-14)17-16(12-21-22-17)18(24)23-9-6-15(7-10-23)25-11-1-8-20;/h2-5,12,15H,1,6-11,20H2,(H,21,22);1H. The summed E-state index contributed by atoms with van der Waals surface area (Å²) in [5.74, 6) is -0.374. The summed E-state index contributed by atoms with van der Waals surface area (Å²) in [6.07, 6.45) is 4.22. The maximum atomic E-state index is 13.1. The summed E-state index contributed by atoms with van der Waals surface area (Å²) in [7, 11) is 0. The van der Waals surface area contributed by atoms with Crippen LogP contribution in [0.4, 0.5) is 4.39 Å². The van der Waals surface area contributed by atoms with Gasteiger partial charge in [-0.25, -0.2) is 4.39 Å². The fraction of sp³-hybridized carbons (Fsp3) is 0.444. The van der Waals surface area contributed by atoms with Crippen molar-refractivity contribution in [3.05, 3.63) is 41.8 Å². The lowest BCUT2D eigenvalue weighted by molar-refractivity contribution is 0.00847. The van der Waals surface area contributed by atoms with E-state index >= 15 is 0 Å². The van der Waals surface area contributed by atoms with E-state index < -0.39 is 0 Å². The molecule has 0 aliphatic carbocycles. The number of H-pyrrole nitrogens is 1. The van der Waals surface area contributed by atoms with Gasteiger partial charge in [-0.2, -0.15) is 5.10 Å². The Morgan fingerprint density at radius 3 is 2.65 bits per heavy atom. The summed E-state index contributed by atoms with van der Waals surface area (Å²) < 4.78 is 18.9. The molecule has 0 unspecified atom stereocenters. The summed E-state index contributed by atoms with van der Waals surface area (Å²) in [6.45, 7) is 2.61. The molecule has 6 nitrogen and oxygen atoms in total. The smallest absolute Gasteiger partial charge is 0.257 e. The number of amides is 1. The molecule has 0 radical (unpaired) electrons. The number of nitrogens with zero attached hydrogens (tertiary/aromatic N) is 2. The van der Waals surface area contributed by atoms with E-state index in [1.165, 1.54) is 18.3 Å². The van der Waals surface area contributed by atoms with Crippen LogP contribution in [0.3, 0.4) is 0 Å². The molecule has 1 aliphatic heterocycles. The molecular formula is C18H24ClFN4O2. The van der Waals surface area contributed by atoms with Gasteiger partial charge < -0.3 is 15.4 Å². The SMILES string of the molecule is Cl.NCCCOC1CCN(C(=O)c2cn[nH]c2-c2ccc(F)cc2)CC1. The number of aromatic nitrogens is 2. The first-order chi connectivity index (χ1) is 12.2. The number of hydrogen-bond acceptors (Lipinski definition) is 4. The number of rotatable bonds is 6. The van der Waals surface area contributed by atoms with Crippen LogP contribution in [0.2, 0.25) is 0 Å². The molecule has 3 rings (SSSR count). The first-order valence-corrected chi connectivity index (χ1v) is 8.59. The van der Waals surface area contributed by atoms with E-state index in [4.69, 9.17) is 10.5 Å². The van der Waals surface area contributed by atoms with Crippen molar-refractivity contribution in [3.8, 4) is 11.3 Å². The van der Waals surface area contributed by atoms with E-state index in [-0.39, 0.29) is 30.2 Å². The van der Waals surface area contributed by atoms with Gasteiger partial charge in [0.05, 0.1) is 23.6 Å². The van der Waals surface area contributed by atoms with Gasteiger partial charge in [-0.15, -0.1) is 12.4 Å². The zero-order valence-electron chi connectivity index (χ0n) is 14.5. The molecule has 1 aliphatic rings. The second-order valence-electron chi connectivity index (χ2n) is 6.17. The van der Waals surface area contributed by atoms with Gasteiger partial charge in [-0.1, -0.05) is 0 Å². The minimum Gasteiger partial charge on any atom is -0.378 e. The molecule has 0 atom stereocenters. The molecule has 2 aromatic rings. The fourth-order valence-corrected chi connectivity index (χ4v) is 3.01. The second kappa shape index (κ2) is 9.66. The van der Waals surface area contributed by atoms with Crippen LogP contribution in [0.15, 0.2) is 30.5 Å². The van der Waals surface area contributed by atoms with E-state index in [0.717, 1.165) is 24.8 Å². The normalized spacial score (nSPS) is 14.9. The number of aromatic amines is 1. The van der Waals surface area contributed by atoms with E-state index in [0.29, 0.717) is 37.5 Å². The second-order valence-corrected chi connectivity index (χ2v) is 6.17. The van der Waals surface area contributed by atoms with Crippen molar-refractivity contribution in [2.24, 2.45) is 5.73 Å². The van der Waals surface area contributed by atoms with Gasteiger partial charge in [0.15, 0.2) is 0 Å². The van der Waals surface area contributed by atoms with Crippen LogP contribution in [0, 0.1) is 5.82 Å².